The van der Waals surface area contributed by atoms with E-state index in [0.29, 0.717) is 11.8 Å². The zero-order valence-corrected chi connectivity index (χ0v) is 12.7. The minimum atomic E-state index is 0.0611. The van der Waals surface area contributed by atoms with Gasteiger partial charge in [-0.25, -0.2) is 4.98 Å². The van der Waals surface area contributed by atoms with Crippen LogP contribution in [0.3, 0.4) is 0 Å². The van der Waals surface area contributed by atoms with E-state index in [0.717, 1.165) is 10.6 Å². The van der Waals surface area contributed by atoms with E-state index in [-0.39, 0.29) is 5.25 Å². The number of rotatable bonds is 4. The highest BCUT2D eigenvalue weighted by Gasteiger charge is 2.16. The van der Waals surface area contributed by atoms with E-state index in [1.807, 2.05) is 56.3 Å². The molecule has 2 heterocycles. The summed E-state index contributed by atoms with van der Waals surface area (Å²) in [7, 11) is 0. The van der Waals surface area contributed by atoms with Gasteiger partial charge >= 0.3 is 0 Å². The fourth-order valence-corrected chi connectivity index (χ4v) is 2.78. The van der Waals surface area contributed by atoms with Gasteiger partial charge in [0.2, 0.25) is 11.8 Å². The second-order valence-electron chi connectivity index (χ2n) is 4.74. The molecular formula is C16H15N3OS. The van der Waals surface area contributed by atoms with E-state index >= 15 is 0 Å². The lowest BCUT2D eigenvalue weighted by Gasteiger charge is -2.05. The molecule has 0 saturated heterocycles. The monoisotopic (exact) mass is 297 g/mol. The Morgan fingerprint density at radius 1 is 1.10 bits per heavy atom. The van der Waals surface area contributed by atoms with Crippen molar-refractivity contribution < 1.29 is 4.42 Å². The van der Waals surface area contributed by atoms with Gasteiger partial charge in [0.25, 0.3) is 0 Å². The molecule has 0 spiro atoms. The van der Waals surface area contributed by atoms with Gasteiger partial charge in [-0.3, -0.25) is 0 Å². The fourth-order valence-electron chi connectivity index (χ4n) is 1.94. The first-order valence-electron chi connectivity index (χ1n) is 6.70. The predicted molar refractivity (Wildman–Crippen MR) is 83.0 cm³/mol. The Hall–Kier alpha value is -2.14. The zero-order chi connectivity index (χ0) is 14.7. The molecule has 0 aliphatic rings. The molecular weight excluding hydrogens is 282 g/mol. The van der Waals surface area contributed by atoms with Crippen LogP contribution in [0.2, 0.25) is 0 Å². The summed E-state index contributed by atoms with van der Waals surface area (Å²) in [5.74, 6) is 1.17. The molecule has 3 rings (SSSR count). The largest absolute Gasteiger partial charge is 0.419 e. The molecule has 0 saturated carbocycles. The molecule has 0 aliphatic carbocycles. The van der Waals surface area contributed by atoms with E-state index in [9.17, 15) is 0 Å². The fraction of sp³-hybridized carbons (Fsp3) is 0.188. The average Bonchev–Trinajstić information content (AvgIpc) is 2.98. The highest BCUT2D eigenvalue weighted by atomic mass is 32.2. The summed E-state index contributed by atoms with van der Waals surface area (Å²) in [6, 6.07) is 13.9. The molecule has 0 aliphatic heterocycles. The first kappa shape index (κ1) is 13.8. The first-order chi connectivity index (χ1) is 10.2. The normalized spacial score (nSPS) is 12.3. The Morgan fingerprint density at radius 2 is 2.00 bits per heavy atom. The van der Waals surface area contributed by atoms with Crippen molar-refractivity contribution in [2.24, 2.45) is 0 Å². The van der Waals surface area contributed by atoms with Gasteiger partial charge in [0.05, 0.1) is 10.3 Å². The minimum absolute atomic E-state index is 0.0611. The topological polar surface area (TPSA) is 51.8 Å². The van der Waals surface area contributed by atoms with Crippen molar-refractivity contribution in [2.45, 2.75) is 24.1 Å². The van der Waals surface area contributed by atoms with Crippen LogP contribution in [0.4, 0.5) is 0 Å². The number of thioether (sulfide) groups is 1. The molecule has 1 aromatic carbocycles. The lowest BCUT2D eigenvalue weighted by molar-refractivity contribution is 0.509. The predicted octanol–water partition coefficient (Wildman–Crippen LogP) is 4.29. The van der Waals surface area contributed by atoms with Gasteiger partial charge in [0.15, 0.2) is 0 Å². The number of hydrogen-bond acceptors (Lipinski definition) is 5. The summed E-state index contributed by atoms with van der Waals surface area (Å²) >= 11 is 1.60. The summed E-state index contributed by atoms with van der Waals surface area (Å²) in [6.45, 7) is 4.08. The molecule has 0 N–H and O–H groups in total. The number of nitrogens with zero attached hydrogens (tertiary/aromatic N) is 3. The van der Waals surface area contributed by atoms with Crippen LogP contribution < -0.4 is 0 Å². The Labute approximate surface area is 127 Å². The molecule has 0 bridgehead atoms. The Balaban J connectivity index is 1.78. The smallest absolute Gasteiger partial charge is 0.247 e. The van der Waals surface area contributed by atoms with Crippen molar-refractivity contribution >= 4 is 11.8 Å². The van der Waals surface area contributed by atoms with E-state index in [4.69, 9.17) is 4.42 Å². The van der Waals surface area contributed by atoms with Gasteiger partial charge in [-0.05, 0) is 38.1 Å². The standard InChI is InChI=1S/C16H15N3OS/c1-11-6-5-7-13(10-11)16-19-18-15(20-16)12(2)21-14-8-3-4-9-17-14/h3-10,12H,1-2H3. The molecule has 5 heteroatoms. The summed E-state index contributed by atoms with van der Waals surface area (Å²) in [6.07, 6.45) is 1.78. The highest BCUT2D eigenvalue weighted by molar-refractivity contribution is 7.99. The molecule has 2 aromatic heterocycles. The lowest BCUT2D eigenvalue weighted by atomic mass is 10.1. The zero-order valence-electron chi connectivity index (χ0n) is 11.9. The molecule has 106 valence electrons. The quantitative estimate of drug-likeness (QED) is 0.672. The van der Waals surface area contributed by atoms with Crippen LogP contribution in [0.5, 0.6) is 0 Å². The van der Waals surface area contributed by atoms with Crippen molar-refractivity contribution in [3.05, 3.63) is 60.1 Å². The molecule has 21 heavy (non-hydrogen) atoms. The summed E-state index contributed by atoms with van der Waals surface area (Å²) in [4.78, 5) is 4.29. The second kappa shape index (κ2) is 6.10. The molecule has 0 radical (unpaired) electrons. The third kappa shape index (κ3) is 3.31. The highest BCUT2D eigenvalue weighted by Crippen LogP contribution is 2.33. The van der Waals surface area contributed by atoms with Crippen LogP contribution in [-0.4, -0.2) is 15.2 Å². The van der Waals surface area contributed by atoms with Gasteiger partial charge in [-0.2, -0.15) is 0 Å². The van der Waals surface area contributed by atoms with Crippen LogP contribution in [-0.2, 0) is 0 Å². The number of benzene rings is 1. The maximum Gasteiger partial charge on any atom is 0.247 e. The van der Waals surface area contributed by atoms with E-state index in [2.05, 4.69) is 15.2 Å². The maximum atomic E-state index is 5.79. The molecule has 1 unspecified atom stereocenters. The molecule has 3 aromatic rings. The first-order valence-corrected chi connectivity index (χ1v) is 7.58. The number of aryl methyl sites for hydroxylation is 1. The van der Waals surface area contributed by atoms with E-state index in [1.54, 1.807) is 18.0 Å². The lowest BCUT2D eigenvalue weighted by Crippen LogP contribution is -1.89. The average molecular weight is 297 g/mol. The van der Waals surface area contributed by atoms with Crippen LogP contribution in [0, 0.1) is 6.92 Å². The van der Waals surface area contributed by atoms with Crippen molar-refractivity contribution in [2.75, 3.05) is 0 Å². The Morgan fingerprint density at radius 3 is 2.76 bits per heavy atom. The van der Waals surface area contributed by atoms with Gasteiger partial charge in [0, 0.05) is 11.8 Å². The van der Waals surface area contributed by atoms with Crippen molar-refractivity contribution in [3.63, 3.8) is 0 Å². The van der Waals surface area contributed by atoms with Crippen molar-refractivity contribution in [1.82, 2.24) is 15.2 Å². The third-order valence-electron chi connectivity index (χ3n) is 2.99. The van der Waals surface area contributed by atoms with Crippen molar-refractivity contribution in [3.8, 4) is 11.5 Å². The van der Waals surface area contributed by atoms with E-state index < -0.39 is 0 Å². The minimum Gasteiger partial charge on any atom is -0.419 e. The van der Waals surface area contributed by atoms with Crippen LogP contribution in [0.1, 0.15) is 23.6 Å². The molecule has 1 atom stereocenters. The van der Waals surface area contributed by atoms with Gasteiger partial charge in [0.1, 0.15) is 0 Å². The second-order valence-corrected chi connectivity index (χ2v) is 6.10. The van der Waals surface area contributed by atoms with Gasteiger partial charge in [-0.1, -0.05) is 35.5 Å². The molecule has 4 nitrogen and oxygen atoms in total. The number of pyridine rings is 1. The van der Waals surface area contributed by atoms with Crippen LogP contribution in [0.25, 0.3) is 11.5 Å². The Kier molecular flexibility index (Phi) is 4.01. The Bertz CT molecular complexity index is 727. The van der Waals surface area contributed by atoms with Gasteiger partial charge < -0.3 is 4.42 Å². The number of hydrogen-bond donors (Lipinski definition) is 0. The van der Waals surface area contributed by atoms with Gasteiger partial charge in [-0.15, -0.1) is 10.2 Å². The SMILES string of the molecule is Cc1cccc(-c2nnc(C(C)Sc3ccccn3)o2)c1. The summed E-state index contributed by atoms with van der Waals surface area (Å²) in [5.41, 5.74) is 2.12. The summed E-state index contributed by atoms with van der Waals surface area (Å²) in [5, 5.41) is 9.30. The number of aromatic nitrogens is 3. The third-order valence-corrected chi connectivity index (χ3v) is 4.03. The summed E-state index contributed by atoms with van der Waals surface area (Å²) < 4.78 is 5.79. The maximum absolute atomic E-state index is 5.79. The van der Waals surface area contributed by atoms with Crippen molar-refractivity contribution in [1.29, 1.82) is 0 Å². The van der Waals surface area contributed by atoms with E-state index in [1.165, 1.54) is 5.56 Å². The molecule has 0 fully saturated rings. The van der Waals surface area contributed by atoms with Crippen LogP contribution in [0.15, 0.2) is 58.1 Å². The van der Waals surface area contributed by atoms with Crippen LogP contribution >= 0.6 is 11.8 Å². The molecule has 0 amide bonds.